The number of rotatable bonds is 6. The van der Waals surface area contributed by atoms with Crippen LogP contribution >= 0.6 is 11.3 Å². The van der Waals surface area contributed by atoms with Crippen molar-refractivity contribution in [3.05, 3.63) is 70.4 Å². The lowest BCUT2D eigenvalue weighted by Gasteiger charge is -2.27. The van der Waals surface area contributed by atoms with Gasteiger partial charge in [0.2, 0.25) is 0 Å². The Labute approximate surface area is 205 Å². The molecule has 0 aliphatic heterocycles. The molecule has 1 aromatic carbocycles. The molecule has 0 fully saturated rings. The van der Waals surface area contributed by atoms with Crippen LogP contribution in [0.4, 0.5) is 8.78 Å². The maximum atomic E-state index is 13.8. The number of H-pyrrole nitrogens is 1. The SMILES string of the molecule is CC(NC(=O)c1c[nH]c2ncc(-c3ccc(C(=O)NCc4c(F)cccc4F)s3)nc12)C(C)(C)C. The largest absolute Gasteiger partial charge is 0.349 e. The molecule has 7 nitrogen and oxygen atoms in total. The van der Waals surface area contributed by atoms with Crippen molar-refractivity contribution in [1.82, 2.24) is 25.6 Å². The first-order chi connectivity index (χ1) is 16.5. The van der Waals surface area contributed by atoms with E-state index < -0.39 is 17.5 Å². The van der Waals surface area contributed by atoms with Gasteiger partial charge in [0.05, 0.1) is 27.2 Å². The van der Waals surface area contributed by atoms with Crippen LogP contribution in [0.25, 0.3) is 21.7 Å². The average Bonchev–Trinajstić information content (AvgIpc) is 3.45. The molecule has 0 aliphatic carbocycles. The summed E-state index contributed by atoms with van der Waals surface area (Å²) in [6.45, 7) is 7.81. The van der Waals surface area contributed by atoms with E-state index in [-0.39, 0.29) is 29.5 Å². The molecule has 0 bridgehead atoms. The maximum Gasteiger partial charge on any atom is 0.261 e. The Morgan fingerprint density at radius 3 is 2.51 bits per heavy atom. The predicted octanol–water partition coefficient (Wildman–Crippen LogP) is 5.06. The van der Waals surface area contributed by atoms with Crippen LogP contribution in [0, 0.1) is 17.0 Å². The zero-order valence-corrected chi connectivity index (χ0v) is 20.5. The molecule has 3 N–H and O–H groups in total. The highest BCUT2D eigenvalue weighted by Gasteiger charge is 2.24. The van der Waals surface area contributed by atoms with Crippen LogP contribution in [0.15, 0.2) is 42.7 Å². The molecule has 10 heteroatoms. The first kappa shape index (κ1) is 24.5. The van der Waals surface area contributed by atoms with Crippen molar-refractivity contribution >= 4 is 34.3 Å². The topological polar surface area (TPSA) is 99.8 Å². The van der Waals surface area contributed by atoms with Crippen LogP contribution in [0.5, 0.6) is 0 Å². The number of thiophene rings is 1. The van der Waals surface area contributed by atoms with Crippen LogP contribution in [0.3, 0.4) is 0 Å². The Morgan fingerprint density at radius 2 is 1.83 bits per heavy atom. The number of aromatic amines is 1. The Kier molecular flexibility index (Phi) is 6.66. The van der Waals surface area contributed by atoms with E-state index in [4.69, 9.17) is 0 Å². The molecule has 4 rings (SSSR count). The minimum Gasteiger partial charge on any atom is -0.349 e. The summed E-state index contributed by atoms with van der Waals surface area (Å²) in [5, 5.41) is 5.54. The first-order valence-corrected chi connectivity index (χ1v) is 11.8. The Morgan fingerprint density at radius 1 is 1.11 bits per heavy atom. The molecule has 4 aromatic rings. The summed E-state index contributed by atoms with van der Waals surface area (Å²) in [5.74, 6) is -2.15. The highest BCUT2D eigenvalue weighted by Crippen LogP contribution is 2.28. The lowest BCUT2D eigenvalue weighted by molar-refractivity contribution is 0.0910. The number of carbonyl (C=O) groups is 2. The first-order valence-electron chi connectivity index (χ1n) is 11.0. The van der Waals surface area contributed by atoms with Gasteiger partial charge in [-0.1, -0.05) is 26.8 Å². The standard InChI is InChI=1S/C25H25F2N5O2S/c1-13(25(2,3)4)31-23(33)15-11-28-22-21(15)32-18(12-29-22)19-8-9-20(35-19)24(34)30-10-14-16(26)6-5-7-17(14)27/h5-9,11-13H,10H2,1-4H3,(H,28,29)(H,30,34)(H,31,33). The second-order valence-corrected chi connectivity index (χ2v) is 10.3. The summed E-state index contributed by atoms with van der Waals surface area (Å²) >= 11 is 1.16. The fraction of sp³-hybridized carbons (Fsp3) is 0.280. The predicted molar refractivity (Wildman–Crippen MR) is 131 cm³/mol. The third-order valence-electron chi connectivity index (χ3n) is 5.84. The quantitative estimate of drug-likeness (QED) is 0.347. The molecule has 2 amide bonds. The van der Waals surface area contributed by atoms with Gasteiger partial charge in [-0.15, -0.1) is 11.3 Å². The summed E-state index contributed by atoms with van der Waals surface area (Å²) in [6.07, 6.45) is 3.13. The van der Waals surface area contributed by atoms with Gasteiger partial charge in [0.1, 0.15) is 17.2 Å². The van der Waals surface area contributed by atoms with Crippen molar-refractivity contribution in [2.75, 3.05) is 0 Å². The fourth-order valence-corrected chi connectivity index (χ4v) is 4.11. The van der Waals surface area contributed by atoms with Gasteiger partial charge in [0.25, 0.3) is 11.8 Å². The van der Waals surface area contributed by atoms with Gasteiger partial charge >= 0.3 is 0 Å². The van der Waals surface area contributed by atoms with E-state index in [1.165, 1.54) is 6.07 Å². The van der Waals surface area contributed by atoms with Crippen molar-refractivity contribution in [2.45, 2.75) is 40.3 Å². The molecule has 1 atom stereocenters. The third kappa shape index (κ3) is 5.22. The Bertz CT molecular complexity index is 1390. The molecular formula is C25H25F2N5O2S. The molecule has 3 heterocycles. The third-order valence-corrected chi connectivity index (χ3v) is 6.95. The number of aromatic nitrogens is 3. The Hall–Kier alpha value is -3.66. The Balaban J connectivity index is 1.52. The van der Waals surface area contributed by atoms with E-state index in [2.05, 4.69) is 25.6 Å². The molecule has 0 spiro atoms. The number of halogens is 2. The molecule has 0 aliphatic rings. The molecule has 0 saturated carbocycles. The second-order valence-electron chi connectivity index (χ2n) is 9.26. The summed E-state index contributed by atoms with van der Waals surface area (Å²) in [6, 6.07) is 6.81. The average molecular weight is 498 g/mol. The van der Waals surface area contributed by atoms with Crippen molar-refractivity contribution in [3.8, 4) is 10.6 Å². The molecule has 1 unspecified atom stereocenters. The second kappa shape index (κ2) is 9.53. The summed E-state index contributed by atoms with van der Waals surface area (Å²) < 4.78 is 27.6. The van der Waals surface area contributed by atoms with E-state index in [9.17, 15) is 18.4 Å². The van der Waals surface area contributed by atoms with Crippen molar-refractivity contribution in [1.29, 1.82) is 0 Å². The van der Waals surface area contributed by atoms with Crippen molar-refractivity contribution in [2.24, 2.45) is 5.41 Å². The number of hydrogen-bond acceptors (Lipinski definition) is 5. The molecular weight excluding hydrogens is 472 g/mol. The highest BCUT2D eigenvalue weighted by atomic mass is 32.1. The van der Waals surface area contributed by atoms with Crippen LogP contribution in [0.1, 0.15) is 53.3 Å². The van der Waals surface area contributed by atoms with Gasteiger partial charge in [-0.25, -0.2) is 18.7 Å². The van der Waals surface area contributed by atoms with Gasteiger partial charge < -0.3 is 15.6 Å². The van der Waals surface area contributed by atoms with Gasteiger partial charge in [-0.2, -0.15) is 0 Å². The molecule has 0 radical (unpaired) electrons. The van der Waals surface area contributed by atoms with Gasteiger partial charge in [0, 0.05) is 24.3 Å². The summed E-state index contributed by atoms with van der Waals surface area (Å²) in [5.41, 5.74) is 1.48. The van der Waals surface area contributed by atoms with Crippen molar-refractivity contribution < 1.29 is 18.4 Å². The van der Waals surface area contributed by atoms with Crippen molar-refractivity contribution in [3.63, 3.8) is 0 Å². The minimum atomic E-state index is -0.719. The van der Waals surface area contributed by atoms with E-state index in [0.717, 1.165) is 23.5 Å². The van der Waals surface area contributed by atoms with E-state index >= 15 is 0 Å². The summed E-state index contributed by atoms with van der Waals surface area (Å²) in [7, 11) is 0. The molecule has 182 valence electrons. The number of carbonyl (C=O) groups excluding carboxylic acids is 2. The maximum absolute atomic E-state index is 13.8. The van der Waals surface area contributed by atoms with Crippen LogP contribution in [-0.4, -0.2) is 32.8 Å². The smallest absolute Gasteiger partial charge is 0.261 e. The van der Waals surface area contributed by atoms with Crippen LogP contribution in [-0.2, 0) is 6.54 Å². The van der Waals surface area contributed by atoms with E-state index in [0.29, 0.717) is 32.2 Å². The lowest BCUT2D eigenvalue weighted by Crippen LogP contribution is -2.41. The van der Waals surface area contributed by atoms with E-state index in [1.807, 2.05) is 27.7 Å². The van der Waals surface area contributed by atoms with E-state index in [1.54, 1.807) is 24.5 Å². The van der Waals surface area contributed by atoms with Gasteiger partial charge in [0.15, 0.2) is 5.65 Å². The van der Waals surface area contributed by atoms with Crippen LogP contribution in [0.2, 0.25) is 0 Å². The fourth-order valence-electron chi connectivity index (χ4n) is 3.23. The normalized spacial score (nSPS) is 12.5. The molecule has 3 aromatic heterocycles. The number of amides is 2. The lowest BCUT2D eigenvalue weighted by atomic mass is 9.88. The number of benzene rings is 1. The number of fused-ring (bicyclic) bond motifs is 1. The van der Waals surface area contributed by atoms with Gasteiger partial charge in [-0.3, -0.25) is 9.59 Å². The highest BCUT2D eigenvalue weighted by molar-refractivity contribution is 7.17. The molecule has 35 heavy (non-hydrogen) atoms. The number of nitrogens with one attached hydrogen (secondary N) is 3. The monoisotopic (exact) mass is 497 g/mol. The van der Waals surface area contributed by atoms with Crippen LogP contribution < -0.4 is 10.6 Å². The molecule has 0 saturated heterocycles. The minimum absolute atomic E-state index is 0.0627. The van der Waals surface area contributed by atoms with Gasteiger partial charge in [-0.05, 0) is 36.6 Å². The summed E-state index contributed by atoms with van der Waals surface area (Å²) in [4.78, 5) is 38.4. The number of hydrogen-bond donors (Lipinski definition) is 3. The number of nitrogens with zero attached hydrogens (tertiary/aromatic N) is 2. The zero-order chi connectivity index (χ0) is 25.3. The zero-order valence-electron chi connectivity index (χ0n) is 19.7.